The van der Waals surface area contributed by atoms with Crippen molar-refractivity contribution in [2.75, 3.05) is 6.54 Å². The van der Waals surface area contributed by atoms with Crippen LogP contribution in [-0.2, 0) is 0 Å². The second-order valence-electron chi connectivity index (χ2n) is 5.96. The third-order valence-corrected chi connectivity index (χ3v) is 5.27. The second kappa shape index (κ2) is 5.49. The predicted octanol–water partition coefficient (Wildman–Crippen LogP) is 3.37. The molecule has 1 aliphatic rings. The summed E-state index contributed by atoms with van der Waals surface area (Å²) < 4.78 is 7.16. The normalized spacial score (nSPS) is 18.7. The van der Waals surface area contributed by atoms with Crippen LogP contribution in [0, 0.1) is 13.8 Å². The van der Waals surface area contributed by atoms with Gasteiger partial charge in [-0.1, -0.05) is 5.16 Å². The van der Waals surface area contributed by atoms with E-state index in [1.165, 1.54) is 0 Å². The summed E-state index contributed by atoms with van der Waals surface area (Å²) in [4.78, 5) is 20.6. The molecule has 1 amide bonds. The van der Waals surface area contributed by atoms with Crippen LogP contribution in [-0.4, -0.2) is 31.9 Å². The highest BCUT2D eigenvalue weighted by molar-refractivity contribution is 7.15. The number of hydrogen-bond acceptors (Lipinski definition) is 5. The number of amides is 1. The SMILES string of the molecule is Cc1cc(C(=O)N2CCCC[C@@H]2c2nc(C)n3ccsc23)no1. The zero-order valence-electron chi connectivity index (χ0n) is 13.2. The molecule has 4 heterocycles. The van der Waals surface area contributed by atoms with Gasteiger partial charge in [-0.05, 0) is 33.1 Å². The number of imidazole rings is 1. The number of thiazole rings is 1. The van der Waals surface area contributed by atoms with Crippen molar-refractivity contribution < 1.29 is 9.32 Å². The molecule has 0 aromatic carbocycles. The molecule has 3 aromatic rings. The number of nitrogens with zero attached hydrogens (tertiary/aromatic N) is 4. The highest BCUT2D eigenvalue weighted by Gasteiger charge is 2.33. The van der Waals surface area contributed by atoms with Crippen LogP contribution in [0.15, 0.2) is 22.2 Å². The van der Waals surface area contributed by atoms with Gasteiger partial charge in [-0.2, -0.15) is 0 Å². The van der Waals surface area contributed by atoms with Crippen LogP contribution >= 0.6 is 11.3 Å². The first-order valence-corrected chi connectivity index (χ1v) is 8.69. The molecule has 0 unspecified atom stereocenters. The molecular formula is C16H18N4O2S. The molecule has 4 rings (SSSR count). The molecular weight excluding hydrogens is 312 g/mol. The largest absolute Gasteiger partial charge is 0.361 e. The van der Waals surface area contributed by atoms with E-state index in [-0.39, 0.29) is 11.9 Å². The Kier molecular flexibility index (Phi) is 3.45. The molecule has 120 valence electrons. The molecule has 0 radical (unpaired) electrons. The molecule has 1 aliphatic heterocycles. The Bertz CT molecular complexity index is 863. The number of aromatic nitrogens is 3. The summed E-state index contributed by atoms with van der Waals surface area (Å²) in [6.07, 6.45) is 5.09. The molecule has 0 aliphatic carbocycles. The first-order chi connectivity index (χ1) is 11.1. The predicted molar refractivity (Wildman–Crippen MR) is 86.7 cm³/mol. The molecule has 1 saturated heterocycles. The number of carbonyl (C=O) groups excluding carboxylic acids is 1. The Hall–Kier alpha value is -2.15. The van der Waals surface area contributed by atoms with Gasteiger partial charge in [0.15, 0.2) is 5.69 Å². The van der Waals surface area contributed by atoms with Crippen molar-refractivity contribution in [3.63, 3.8) is 0 Å². The fourth-order valence-electron chi connectivity index (χ4n) is 3.29. The van der Waals surface area contributed by atoms with Gasteiger partial charge in [0.05, 0.1) is 11.7 Å². The van der Waals surface area contributed by atoms with Gasteiger partial charge in [0.1, 0.15) is 16.4 Å². The van der Waals surface area contributed by atoms with E-state index in [0.29, 0.717) is 11.5 Å². The molecule has 3 aromatic heterocycles. The van der Waals surface area contributed by atoms with Crippen molar-refractivity contribution >= 4 is 22.1 Å². The highest BCUT2D eigenvalue weighted by atomic mass is 32.1. The first-order valence-electron chi connectivity index (χ1n) is 7.81. The van der Waals surface area contributed by atoms with Crippen LogP contribution in [0.5, 0.6) is 0 Å². The van der Waals surface area contributed by atoms with Gasteiger partial charge >= 0.3 is 0 Å². The summed E-state index contributed by atoms with van der Waals surface area (Å²) in [6, 6.07) is 1.71. The summed E-state index contributed by atoms with van der Waals surface area (Å²) in [5.41, 5.74) is 1.39. The van der Waals surface area contributed by atoms with Crippen molar-refractivity contribution in [3.8, 4) is 0 Å². The lowest BCUT2D eigenvalue weighted by molar-refractivity contribution is 0.0598. The molecule has 7 heteroatoms. The minimum Gasteiger partial charge on any atom is -0.361 e. The maximum atomic E-state index is 12.9. The highest BCUT2D eigenvalue weighted by Crippen LogP contribution is 2.35. The topological polar surface area (TPSA) is 63.6 Å². The average Bonchev–Trinajstić information content (AvgIpc) is 3.25. The van der Waals surface area contributed by atoms with Gasteiger partial charge in [-0.15, -0.1) is 11.3 Å². The number of hydrogen-bond donors (Lipinski definition) is 0. The van der Waals surface area contributed by atoms with Gasteiger partial charge in [-0.3, -0.25) is 9.20 Å². The van der Waals surface area contributed by atoms with Gasteiger partial charge in [0, 0.05) is 24.2 Å². The van der Waals surface area contributed by atoms with Crippen molar-refractivity contribution in [1.82, 2.24) is 19.4 Å². The molecule has 1 atom stereocenters. The lowest BCUT2D eigenvalue weighted by Crippen LogP contribution is -2.38. The molecule has 23 heavy (non-hydrogen) atoms. The van der Waals surface area contributed by atoms with Crippen LogP contribution in [0.1, 0.15) is 53.1 Å². The van der Waals surface area contributed by atoms with Crippen molar-refractivity contribution in [2.24, 2.45) is 0 Å². The minimum atomic E-state index is -0.0677. The van der Waals surface area contributed by atoms with Crippen molar-refractivity contribution in [1.29, 1.82) is 0 Å². The standard InChI is InChI=1S/C16H18N4O2S/c1-10-9-12(18-22-10)15(21)20-6-4-3-5-13(20)14-16-19(7-8-23-16)11(2)17-14/h7-9,13H,3-6H2,1-2H3/t13-/m1/s1. The Morgan fingerprint density at radius 1 is 1.39 bits per heavy atom. The zero-order valence-corrected chi connectivity index (χ0v) is 14.0. The van der Waals surface area contributed by atoms with E-state index in [2.05, 4.69) is 14.9 Å². The average molecular weight is 330 g/mol. The quantitative estimate of drug-likeness (QED) is 0.723. The third-order valence-electron chi connectivity index (χ3n) is 4.38. The van der Waals surface area contributed by atoms with E-state index >= 15 is 0 Å². The van der Waals surface area contributed by atoms with E-state index in [9.17, 15) is 4.79 Å². The number of piperidine rings is 1. The maximum Gasteiger partial charge on any atom is 0.276 e. The van der Waals surface area contributed by atoms with Crippen molar-refractivity contribution in [3.05, 3.63) is 40.6 Å². The van der Waals surface area contributed by atoms with Crippen LogP contribution in [0.4, 0.5) is 0 Å². The summed E-state index contributed by atoms with van der Waals surface area (Å²) in [6.45, 7) is 4.53. The van der Waals surface area contributed by atoms with Crippen LogP contribution in [0.3, 0.4) is 0 Å². The van der Waals surface area contributed by atoms with Gasteiger partial charge in [0.25, 0.3) is 5.91 Å². The van der Waals surface area contributed by atoms with E-state index in [1.54, 1.807) is 24.3 Å². The van der Waals surface area contributed by atoms with Gasteiger partial charge < -0.3 is 9.42 Å². The fourth-order valence-corrected chi connectivity index (χ4v) is 4.21. The number of fused-ring (bicyclic) bond motifs is 1. The Morgan fingerprint density at radius 3 is 3.04 bits per heavy atom. The maximum absolute atomic E-state index is 12.9. The summed E-state index contributed by atoms with van der Waals surface area (Å²) in [5.74, 6) is 1.55. The molecule has 0 bridgehead atoms. The lowest BCUT2D eigenvalue weighted by atomic mass is 9.99. The van der Waals surface area contributed by atoms with E-state index in [0.717, 1.165) is 42.2 Å². The Labute approximate surface area is 137 Å². The second-order valence-corrected chi connectivity index (χ2v) is 6.85. The van der Waals surface area contributed by atoms with E-state index < -0.39 is 0 Å². The van der Waals surface area contributed by atoms with Gasteiger partial charge in [-0.25, -0.2) is 4.98 Å². The molecule has 6 nitrogen and oxygen atoms in total. The first kappa shape index (κ1) is 14.4. The lowest BCUT2D eigenvalue weighted by Gasteiger charge is -2.34. The van der Waals surface area contributed by atoms with Crippen molar-refractivity contribution in [2.45, 2.75) is 39.2 Å². The Morgan fingerprint density at radius 2 is 2.26 bits per heavy atom. The van der Waals surface area contributed by atoms with Crippen LogP contribution in [0.2, 0.25) is 0 Å². The molecule has 0 saturated carbocycles. The van der Waals surface area contributed by atoms with Crippen LogP contribution in [0.25, 0.3) is 4.83 Å². The fraction of sp³-hybridized carbons (Fsp3) is 0.438. The smallest absolute Gasteiger partial charge is 0.276 e. The monoisotopic (exact) mass is 330 g/mol. The van der Waals surface area contributed by atoms with Crippen LogP contribution < -0.4 is 0 Å². The molecule has 1 fully saturated rings. The third kappa shape index (κ3) is 2.35. The number of carbonyl (C=O) groups is 1. The summed E-state index contributed by atoms with van der Waals surface area (Å²) in [7, 11) is 0. The number of likely N-dealkylation sites (tertiary alicyclic amines) is 1. The molecule has 0 spiro atoms. The molecule has 0 N–H and O–H groups in total. The van der Waals surface area contributed by atoms with Gasteiger partial charge in [0.2, 0.25) is 0 Å². The number of rotatable bonds is 2. The zero-order chi connectivity index (χ0) is 16.0. The minimum absolute atomic E-state index is 0.00982. The summed E-state index contributed by atoms with van der Waals surface area (Å²) in [5, 5.41) is 5.95. The number of aryl methyl sites for hydroxylation is 2. The van der Waals surface area contributed by atoms with E-state index in [4.69, 9.17) is 9.51 Å². The summed E-state index contributed by atoms with van der Waals surface area (Å²) >= 11 is 1.67. The Balaban J connectivity index is 1.73. The van der Waals surface area contributed by atoms with E-state index in [1.807, 2.05) is 18.0 Å².